The molecule has 0 atom stereocenters. The summed E-state index contributed by atoms with van der Waals surface area (Å²) in [6.07, 6.45) is 5.15. The first-order chi connectivity index (χ1) is 11.8. The second-order valence-corrected chi connectivity index (χ2v) is 5.77. The van der Waals surface area contributed by atoms with Crippen molar-refractivity contribution < 1.29 is 4.79 Å². The number of pyridine rings is 1. The van der Waals surface area contributed by atoms with E-state index in [2.05, 4.69) is 22.5 Å². The Hall–Kier alpha value is -3.14. The van der Waals surface area contributed by atoms with Gasteiger partial charge in [-0.05, 0) is 48.2 Å². The summed E-state index contributed by atoms with van der Waals surface area (Å²) in [5.41, 5.74) is 8.13. The third-order valence-corrected chi connectivity index (χ3v) is 4.28. The highest BCUT2D eigenvalue weighted by Gasteiger charge is 2.22. The number of hydrogen-bond acceptors (Lipinski definition) is 3. The summed E-state index contributed by atoms with van der Waals surface area (Å²) in [5.74, 6) is -0.149. The van der Waals surface area contributed by atoms with Gasteiger partial charge in [0.15, 0.2) is 0 Å². The van der Waals surface area contributed by atoms with E-state index in [4.69, 9.17) is 0 Å². The van der Waals surface area contributed by atoms with E-state index in [1.165, 1.54) is 11.1 Å². The molecular weight excluding hydrogens is 298 g/mol. The number of benzene rings is 2. The lowest BCUT2D eigenvalue weighted by Gasteiger charge is -2.27. The van der Waals surface area contributed by atoms with Gasteiger partial charge >= 0.3 is 0 Å². The zero-order chi connectivity index (χ0) is 16.4. The van der Waals surface area contributed by atoms with E-state index in [-0.39, 0.29) is 5.91 Å². The summed E-state index contributed by atoms with van der Waals surface area (Å²) < 4.78 is 0. The van der Waals surface area contributed by atoms with Crippen LogP contribution < -0.4 is 10.4 Å². The van der Waals surface area contributed by atoms with Gasteiger partial charge in [0.25, 0.3) is 5.91 Å². The molecule has 0 bridgehead atoms. The predicted octanol–water partition coefficient (Wildman–Crippen LogP) is 3.66. The minimum absolute atomic E-state index is 0.149. The minimum atomic E-state index is -0.149. The van der Waals surface area contributed by atoms with Crippen molar-refractivity contribution in [1.29, 1.82) is 0 Å². The van der Waals surface area contributed by atoms with Crippen LogP contribution in [0.4, 0.5) is 11.4 Å². The number of carbonyl (C=O) groups is 1. The number of anilines is 2. The Morgan fingerprint density at radius 1 is 0.833 bits per heavy atom. The van der Waals surface area contributed by atoms with E-state index < -0.39 is 0 Å². The zero-order valence-corrected chi connectivity index (χ0v) is 13.1. The maximum Gasteiger partial charge on any atom is 0.270 e. The van der Waals surface area contributed by atoms with Gasteiger partial charge in [0, 0.05) is 18.0 Å². The van der Waals surface area contributed by atoms with E-state index in [1.54, 1.807) is 24.5 Å². The lowest BCUT2D eigenvalue weighted by atomic mass is 10.0. The van der Waals surface area contributed by atoms with Crippen LogP contribution in [0.3, 0.4) is 0 Å². The average Bonchev–Trinajstić information content (AvgIpc) is 2.80. The van der Waals surface area contributed by atoms with Crippen LogP contribution in [-0.2, 0) is 12.8 Å². The molecule has 0 aliphatic carbocycles. The van der Waals surface area contributed by atoms with Crippen LogP contribution in [0.25, 0.3) is 0 Å². The number of nitrogens with one attached hydrogen (secondary N) is 1. The fourth-order valence-electron chi connectivity index (χ4n) is 3.07. The Kier molecular flexibility index (Phi) is 3.71. The predicted molar refractivity (Wildman–Crippen MR) is 94.1 cm³/mol. The molecule has 3 aromatic rings. The molecular formula is C20H17N3O. The van der Waals surface area contributed by atoms with E-state index in [0.29, 0.717) is 5.56 Å². The van der Waals surface area contributed by atoms with Gasteiger partial charge < -0.3 is 0 Å². The van der Waals surface area contributed by atoms with Gasteiger partial charge in [0.05, 0.1) is 11.4 Å². The Bertz CT molecular complexity index is 829. The number of carbonyl (C=O) groups excluding carboxylic acids is 1. The van der Waals surface area contributed by atoms with Crippen LogP contribution in [0.5, 0.6) is 0 Å². The first-order valence-electron chi connectivity index (χ1n) is 8.00. The van der Waals surface area contributed by atoms with Gasteiger partial charge in [0.2, 0.25) is 0 Å². The normalized spacial score (nSPS) is 12.8. The summed E-state index contributed by atoms with van der Waals surface area (Å²) in [6, 6.07) is 19.8. The van der Waals surface area contributed by atoms with Gasteiger partial charge in [-0.1, -0.05) is 36.4 Å². The summed E-state index contributed by atoms with van der Waals surface area (Å²) in [5, 5.41) is 1.90. The standard InChI is InChI=1S/C20H17N3O/c24-20(17-11-13-21-14-12-17)22-23-18-7-3-1-5-15(18)9-10-16-6-2-4-8-19(16)23/h1-8,11-14H,9-10H2,(H,22,24). The van der Waals surface area contributed by atoms with Crippen LogP contribution in [-0.4, -0.2) is 10.9 Å². The lowest BCUT2D eigenvalue weighted by molar-refractivity contribution is 0.0953. The number of amides is 1. The molecule has 0 spiro atoms. The molecule has 1 amide bonds. The van der Waals surface area contributed by atoms with Crippen molar-refractivity contribution >= 4 is 17.3 Å². The molecule has 2 heterocycles. The molecule has 1 aliphatic rings. The molecule has 24 heavy (non-hydrogen) atoms. The van der Waals surface area contributed by atoms with Gasteiger partial charge in [-0.15, -0.1) is 0 Å². The van der Waals surface area contributed by atoms with Crippen molar-refractivity contribution in [1.82, 2.24) is 10.4 Å². The fourth-order valence-corrected chi connectivity index (χ4v) is 3.07. The number of hydrazine groups is 1. The zero-order valence-electron chi connectivity index (χ0n) is 13.1. The smallest absolute Gasteiger partial charge is 0.267 e. The molecule has 4 nitrogen and oxygen atoms in total. The third-order valence-electron chi connectivity index (χ3n) is 4.28. The number of hydrogen-bond donors (Lipinski definition) is 1. The topological polar surface area (TPSA) is 45.2 Å². The van der Waals surface area contributed by atoms with Crippen LogP contribution in [0, 0.1) is 0 Å². The highest BCUT2D eigenvalue weighted by Crippen LogP contribution is 2.34. The minimum Gasteiger partial charge on any atom is -0.267 e. The summed E-state index contributed by atoms with van der Waals surface area (Å²) >= 11 is 0. The average molecular weight is 315 g/mol. The van der Waals surface area contributed by atoms with E-state index in [0.717, 1.165) is 24.2 Å². The molecule has 1 aliphatic heterocycles. The van der Waals surface area contributed by atoms with Gasteiger partial charge in [-0.25, -0.2) is 0 Å². The van der Waals surface area contributed by atoms with Crippen LogP contribution >= 0.6 is 0 Å². The number of aryl methyl sites for hydroxylation is 2. The third kappa shape index (κ3) is 2.63. The van der Waals surface area contributed by atoms with Crippen molar-refractivity contribution in [2.45, 2.75) is 12.8 Å². The summed E-state index contributed by atoms with van der Waals surface area (Å²) in [4.78, 5) is 16.6. The number of rotatable bonds is 2. The Balaban J connectivity index is 1.77. The number of fused-ring (bicyclic) bond motifs is 2. The first-order valence-corrected chi connectivity index (χ1v) is 8.00. The maximum atomic E-state index is 12.7. The maximum absolute atomic E-state index is 12.7. The Labute approximate surface area is 140 Å². The Morgan fingerprint density at radius 2 is 1.38 bits per heavy atom. The van der Waals surface area contributed by atoms with Crippen molar-refractivity contribution in [2.75, 3.05) is 5.01 Å². The van der Waals surface area contributed by atoms with Gasteiger partial charge in [0.1, 0.15) is 0 Å². The molecule has 0 saturated heterocycles. The molecule has 0 unspecified atom stereocenters. The van der Waals surface area contributed by atoms with Crippen LogP contribution in [0.2, 0.25) is 0 Å². The molecule has 4 rings (SSSR count). The number of para-hydroxylation sites is 2. The quantitative estimate of drug-likeness (QED) is 0.785. The largest absolute Gasteiger partial charge is 0.270 e. The lowest BCUT2D eigenvalue weighted by Crippen LogP contribution is -2.39. The van der Waals surface area contributed by atoms with Crippen LogP contribution in [0.15, 0.2) is 73.1 Å². The first kappa shape index (κ1) is 14.5. The SMILES string of the molecule is O=C(NN1c2ccccc2CCc2ccccc21)c1ccncc1. The van der Waals surface area contributed by atoms with Crippen molar-refractivity contribution in [3.63, 3.8) is 0 Å². The molecule has 0 saturated carbocycles. The van der Waals surface area contributed by atoms with Gasteiger partial charge in [-0.3, -0.25) is 20.2 Å². The molecule has 0 fully saturated rings. The molecule has 2 aromatic carbocycles. The van der Waals surface area contributed by atoms with E-state index in [1.807, 2.05) is 41.4 Å². The summed E-state index contributed by atoms with van der Waals surface area (Å²) in [7, 11) is 0. The molecule has 118 valence electrons. The second-order valence-electron chi connectivity index (χ2n) is 5.77. The second kappa shape index (κ2) is 6.16. The monoisotopic (exact) mass is 315 g/mol. The molecule has 0 radical (unpaired) electrons. The highest BCUT2D eigenvalue weighted by atomic mass is 16.2. The fraction of sp³-hybridized carbons (Fsp3) is 0.100. The molecule has 1 aromatic heterocycles. The highest BCUT2D eigenvalue weighted by molar-refractivity contribution is 5.96. The van der Waals surface area contributed by atoms with E-state index in [9.17, 15) is 4.79 Å². The summed E-state index contributed by atoms with van der Waals surface area (Å²) in [6.45, 7) is 0. The van der Waals surface area contributed by atoms with Crippen LogP contribution in [0.1, 0.15) is 21.5 Å². The number of aromatic nitrogens is 1. The number of nitrogens with zero attached hydrogens (tertiary/aromatic N) is 2. The Morgan fingerprint density at radius 3 is 1.96 bits per heavy atom. The molecule has 1 N–H and O–H groups in total. The van der Waals surface area contributed by atoms with Crippen molar-refractivity contribution in [3.05, 3.63) is 89.7 Å². The van der Waals surface area contributed by atoms with Crippen molar-refractivity contribution in [2.24, 2.45) is 0 Å². The molecule has 4 heteroatoms. The van der Waals surface area contributed by atoms with Gasteiger partial charge in [-0.2, -0.15) is 0 Å². The van der Waals surface area contributed by atoms with E-state index >= 15 is 0 Å². The van der Waals surface area contributed by atoms with Crippen molar-refractivity contribution in [3.8, 4) is 0 Å².